The summed E-state index contributed by atoms with van der Waals surface area (Å²) in [6.45, 7) is 0. The van der Waals surface area contributed by atoms with Crippen molar-refractivity contribution in [2.45, 2.75) is 19.3 Å². The molecule has 16 heavy (non-hydrogen) atoms. The lowest BCUT2D eigenvalue weighted by molar-refractivity contribution is -0.142. The van der Waals surface area contributed by atoms with E-state index in [1.54, 1.807) is 0 Å². The van der Waals surface area contributed by atoms with Crippen molar-refractivity contribution < 1.29 is 9.90 Å². The normalized spacial score (nSPS) is 19.6. The molecule has 1 aliphatic carbocycles. The van der Waals surface area contributed by atoms with Gasteiger partial charge in [0.15, 0.2) is 0 Å². The smallest absolute Gasteiger partial charge is 0.306 e. The zero-order valence-corrected chi connectivity index (χ0v) is 8.89. The number of fused-ring (bicyclic) bond motifs is 3. The summed E-state index contributed by atoms with van der Waals surface area (Å²) in [6, 6.07) is 8.20. The Hall–Kier alpha value is -1.77. The molecule has 3 heteroatoms. The number of rotatable bonds is 1. The molecule has 0 bridgehead atoms. The van der Waals surface area contributed by atoms with E-state index < -0.39 is 5.97 Å². The van der Waals surface area contributed by atoms with Crippen LogP contribution in [0.1, 0.15) is 17.7 Å². The molecule has 0 fully saturated rings. The van der Waals surface area contributed by atoms with E-state index in [-0.39, 0.29) is 5.92 Å². The highest BCUT2D eigenvalue weighted by molar-refractivity contribution is 5.71. The summed E-state index contributed by atoms with van der Waals surface area (Å²) in [6.07, 6.45) is 4.34. The molecule has 82 valence electrons. The zero-order valence-electron chi connectivity index (χ0n) is 8.89. The van der Waals surface area contributed by atoms with Gasteiger partial charge in [-0.05, 0) is 43.0 Å². The molecule has 0 radical (unpaired) electrons. The fourth-order valence-corrected chi connectivity index (χ4v) is 2.58. The molecule has 1 N–H and O–H groups in total. The van der Waals surface area contributed by atoms with Gasteiger partial charge in [0, 0.05) is 17.4 Å². The molecule has 0 saturated carbocycles. The molecule has 2 heterocycles. The van der Waals surface area contributed by atoms with Crippen LogP contribution in [0.2, 0.25) is 0 Å². The van der Waals surface area contributed by atoms with Crippen molar-refractivity contribution in [3.05, 3.63) is 41.7 Å². The van der Waals surface area contributed by atoms with Crippen LogP contribution in [-0.2, 0) is 17.6 Å². The first-order valence-corrected chi connectivity index (χ1v) is 5.56. The molecule has 2 aromatic heterocycles. The maximum atomic E-state index is 11.0. The molecule has 3 nitrogen and oxygen atoms in total. The van der Waals surface area contributed by atoms with Gasteiger partial charge >= 0.3 is 5.97 Å². The predicted molar refractivity (Wildman–Crippen MR) is 60.5 cm³/mol. The highest BCUT2D eigenvalue weighted by atomic mass is 16.4. The largest absolute Gasteiger partial charge is 0.481 e. The average molecular weight is 215 g/mol. The summed E-state index contributed by atoms with van der Waals surface area (Å²) in [7, 11) is 0. The molecule has 0 spiro atoms. The fourth-order valence-electron chi connectivity index (χ4n) is 2.58. The molecule has 2 aromatic rings. The van der Waals surface area contributed by atoms with Crippen molar-refractivity contribution in [3.63, 3.8) is 0 Å². The van der Waals surface area contributed by atoms with Gasteiger partial charge in [-0.15, -0.1) is 0 Å². The van der Waals surface area contributed by atoms with Gasteiger partial charge in [-0.3, -0.25) is 4.79 Å². The quantitative estimate of drug-likeness (QED) is 0.791. The lowest BCUT2D eigenvalue weighted by atomic mass is 9.88. The van der Waals surface area contributed by atoms with E-state index in [2.05, 4.69) is 22.7 Å². The minimum Gasteiger partial charge on any atom is -0.481 e. The van der Waals surface area contributed by atoms with E-state index >= 15 is 0 Å². The number of hydrogen-bond acceptors (Lipinski definition) is 1. The number of carboxylic acids is 1. The monoisotopic (exact) mass is 215 g/mol. The molecule has 0 aliphatic heterocycles. The lowest BCUT2D eigenvalue weighted by Gasteiger charge is -2.18. The predicted octanol–water partition coefficient (Wildman–Crippen LogP) is 2.13. The van der Waals surface area contributed by atoms with Crippen molar-refractivity contribution in [2.75, 3.05) is 0 Å². The number of carboxylic acid groups (broad SMARTS) is 1. The van der Waals surface area contributed by atoms with Crippen LogP contribution in [0.4, 0.5) is 0 Å². The first kappa shape index (κ1) is 9.46. The molecule has 3 rings (SSSR count). The first-order valence-electron chi connectivity index (χ1n) is 5.56. The Bertz CT molecular complexity index is 556. The van der Waals surface area contributed by atoms with Gasteiger partial charge in [-0.1, -0.05) is 6.07 Å². The second-order valence-corrected chi connectivity index (χ2v) is 4.39. The van der Waals surface area contributed by atoms with Crippen LogP contribution in [-0.4, -0.2) is 15.5 Å². The van der Waals surface area contributed by atoms with Crippen LogP contribution in [0.15, 0.2) is 30.5 Å². The van der Waals surface area contributed by atoms with Crippen LogP contribution in [0.3, 0.4) is 0 Å². The Kier molecular flexibility index (Phi) is 1.99. The second kappa shape index (κ2) is 3.37. The summed E-state index contributed by atoms with van der Waals surface area (Å²) in [5, 5.41) is 9.03. The number of pyridine rings is 1. The Labute approximate surface area is 93.3 Å². The summed E-state index contributed by atoms with van der Waals surface area (Å²) < 4.78 is 2.17. The van der Waals surface area contributed by atoms with E-state index in [9.17, 15) is 4.79 Å². The Balaban J connectivity index is 2.09. The topological polar surface area (TPSA) is 41.7 Å². The molecule has 1 atom stereocenters. The molecule has 1 aliphatic rings. The van der Waals surface area contributed by atoms with Crippen LogP contribution in [0.25, 0.3) is 5.52 Å². The highest BCUT2D eigenvalue weighted by Gasteiger charge is 2.26. The molecule has 0 amide bonds. The van der Waals surface area contributed by atoms with Gasteiger partial charge < -0.3 is 9.51 Å². The van der Waals surface area contributed by atoms with Crippen LogP contribution in [0, 0.1) is 5.92 Å². The molecule has 1 unspecified atom stereocenters. The average Bonchev–Trinajstić information content (AvgIpc) is 2.66. The van der Waals surface area contributed by atoms with Crippen LogP contribution < -0.4 is 0 Å². The second-order valence-electron chi connectivity index (χ2n) is 4.39. The number of aliphatic carboxylic acids is 1. The van der Waals surface area contributed by atoms with E-state index in [1.165, 1.54) is 16.8 Å². The first-order chi connectivity index (χ1) is 7.75. The zero-order chi connectivity index (χ0) is 11.1. The van der Waals surface area contributed by atoms with Gasteiger partial charge in [0.25, 0.3) is 0 Å². The number of aryl methyl sites for hydroxylation is 1. The summed E-state index contributed by atoms with van der Waals surface area (Å²) in [4.78, 5) is 11.0. The fraction of sp³-hybridized carbons (Fsp3) is 0.308. The molecule has 0 saturated heterocycles. The Morgan fingerprint density at radius 2 is 2.31 bits per heavy atom. The van der Waals surface area contributed by atoms with E-state index in [1.807, 2.05) is 12.1 Å². The van der Waals surface area contributed by atoms with E-state index in [0.29, 0.717) is 6.42 Å². The highest BCUT2D eigenvalue weighted by Crippen LogP contribution is 2.28. The minimum atomic E-state index is -0.666. The van der Waals surface area contributed by atoms with Gasteiger partial charge in [0.1, 0.15) is 0 Å². The van der Waals surface area contributed by atoms with Gasteiger partial charge in [0.05, 0.1) is 5.92 Å². The lowest BCUT2D eigenvalue weighted by Crippen LogP contribution is -2.22. The molecular weight excluding hydrogens is 202 g/mol. The summed E-state index contributed by atoms with van der Waals surface area (Å²) >= 11 is 0. The van der Waals surface area contributed by atoms with Gasteiger partial charge in [-0.25, -0.2) is 0 Å². The SMILES string of the molecule is O=C(O)C1CCc2c(cc3ccccn23)C1. The maximum Gasteiger partial charge on any atom is 0.306 e. The minimum absolute atomic E-state index is 0.204. The van der Waals surface area contributed by atoms with Crippen LogP contribution in [0.5, 0.6) is 0 Å². The third-order valence-electron chi connectivity index (χ3n) is 3.42. The third-order valence-corrected chi connectivity index (χ3v) is 3.42. The van der Waals surface area contributed by atoms with Crippen molar-refractivity contribution >= 4 is 11.5 Å². The van der Waals surface area contributed by atoms with Crippen molar-refractivity contribution in [1.82, 2.24) is 4.40 Å². The number of nitrogens with zero attached hydrogens (tertiary/aromatic N) is 1. The number of aromatic nitrogens is 1. The molecular formula is C13H13NO2. The van der Waals surface area contributed by atoms with Crippen molar-refractivity contribution in [3.8, 4) is 0 Å². The van der Waals surface area contributed by atoms with E-state index in [0.717, 1.165) is 12.8 Å². The van der Waals surface area contributed by atoms with E-state index in [4.69, 9.17) is 5.11 Å². The van der Waals surface area contributed by atoms with Crippen LogP contribution >= 0.6 is 0 Å². The van der Waals surface area contributed by atoms with Gasteiger partial charge in [-0.2, -0.15) is 0 Å². The Morgan fingerprint density at radius 1 is 1.44 bits per heavy atom. The standard InChI is InChI=1S/C13H13NO2/c15-13(16)9-4-5-12-10(7-9)8-11-3-1-2-6-14(11)12/h1-3,6,8-9H,4-5,7H2,(H,15,16). The number of hydrogen-bond donors (Lipinski definition) is 1. The van der Waals surface area contributed by atoms with Crippen molar-refractivity contribution in [2.24, 2.45) is 5.92 Å². The maximum absolute atomic E-state index is 11.0. The molecule has 0 aromatic carbocycles. The number of carbonyl (C=O) groups is 1. The Morgan fingerprint density at radius 3 is 3.12 bits per heavy atom. The van der Waals surface area contributed by atoms with Crippen molar-refractivity contribution in [1.29, 1.82) is 0 Å². The third kappa shape index (κ3) is 1.32. The van der Waals surface area contributed by atoms with Gasteiger partial charge in [0.2, 0.25) is 0 Å². The summed E-state index contributed by atoms with van der Waals surface area (Å²) in [5.41, 5.74) is 3.65. The summed E-state index contributed by atoms with van der Waals surface area (Å²) in [5.74, 6) is -0.870.